The van der Waals surface area contributed by atoms with Gasteiger partial charge in [-0.2, -0.15) is 5.10 Å². The van der Waals surface area contributed by atoms with E-state index in [4.69, 9.17) is 23.2 Å². The first-order valence-electron chi connectivity index (χ1n) is 6.66. The van der Waals surface area contributed by atoms with Gasteiger partial charge in [-0.1, -0.05) is 29.3 Å². The molecule has 2 N–H and O–H groups in total. The molecule has 0 fully saturated rings. The summed E-state index contributed by atoms with van der Waals surface area (Å²) in [5, 5.41) is 7.91. The lowest BCUT2D eigenvalue weighted by molar-refractivity contribution is -0.108. The minimum atomic E-state index is -0.369. The van der Waals surface area contributed by atoms with Crippen molar-refractivity contribution in [3.8, 4) is 0 Å². The van der Waals surface area contributed by atoms with Crippen LogP contribution in [0.2, 0.25) is 10.0 Å². The van der Waals surface area contributed by atoms with E-state index >= 15 is 0 Å². The summed E-state index contributed by atoms with van der Waals surface area (Å²) in [6.45, 7) is 0.415. The van der Waals surface area contributed by atoms with Crippen molar-refractivity contribution in [2.45, 2.75) is 13.1 Å². The number of aromatic nitrogens is 4. The number of carbonyl (C=O) groups excluding carboxylic acids is 1. The fourth-order valence-electron chi connectivity index (χ4n) is 2.13. The summed E-state index contributed by atoms with van der Waals surface area (Å²) in [6, 6.07) is 5.25. The first-order valence-corrected chi connectivity index (χ1v) is 7.41. The van der Waals surface area contributed by atoms with Crippen molar-refractivity contribution in [1.29, 1.82) is 0 Å². The lowest BCUT2D eigenvalue weighted by Crippen LogP contribution is -2.16. The van der Waals surface area contributed by atoms with Gasteiger partial charge in [0.25, 0.3) is 5.56 Å². The van der Waals surface area contributed by atoms with Crippen LogP contribution in [-0.2, 0) is 17.9 Å². The second-order valence-corrected chi connectivity index (χ2v) is 5.56. The number of halogens is 2. The van der Waals surface area contributed by atoms with E-state index in [-0.39, 0.29) is 17.6 Å². The van der Waals surface area contributed by atoms with Crippen LogP contribution in [0.3, 0.4) is 0 Å². The summed E-state index contributed by atoms with van der Waals surface area (Å²) in [5.41, 5.74) is 1.19. The Kier molecular flexibility index (Phi) is 4.31. The maximum atomic E-state index is 12.1. The van der Waals surface area contributed by atoms with Crippen molar-refractivity contribution in [3.05, 3.63) is 50.4 Å². The van der Waals surface area contributed by atoms with Crippen molar-refractivity contribution in [1.82, 2.24) is 19.7 Å². The van der Waals surface area contributed by atoms with Gasteiger partial charge >= 0.3 is 0 Å². The lowest BCUT2D eigenvalue weighted by atomic mass is 10.2. The number of anilines is 1. The molecule has 0 aliphatic heterocycles. The monoisotopic (exact) mass is 351 g/mol. The Labute approximate surface area is 140 Å². The van der Waals surface area contributed by atoms with Gasteiger partial charge in [0, 0.05) is 6.54 Å². The van der Waals surface area contributed by atoms with E-state index in [9.17, 15) is 9.59 Å². The van der Waals surface area contributed by atoms with Gasteiger partial charge < -0.3 is 10.1 Å². The summed E-state index contributed by atoms with van der Waals surface area (Å²) in [4.78, 5) is 29.6. The molecule has 23 heavy (non-hydrogen) atoms. The van der Waals surface area contributed by atoms with Crippen molar-refractivity contribution in [2.75, 3.05) is 5.32 Å². The van der Waals surface area contributed by atoms with Crippen LogP contribution in [0.5, 0.6) is 0 Å². The molecule has 7 nitrogen and oxygen atoms in total. The maximum Gasteiger partial charge on any atom is 0.278 e. The van der Waals surface area contributed by atoms with Gasteiger partial charge in [0.2, 0.25) is 5.95 Å². The maximum absolute atomic E-state index is 12.1. The predicted octanol–water partition coefficient (Wildman–Crippen LogP) is 2.24. The number of hydrogen-bond acceptors (Lipinski definition) is 5. The van der Waals surface area contributed by atoms with Crippen LogP contribution in [0.15, 0.2) is 29.2 Å². The number of aromatic amines is 1. The van der Waals surface area contributed by atoms with Crippen LogP contribution < -0.4 is 10.9 Å². The third-order valence-corrected chi connectivity index (χ3v) is 3.93. The third kappa shape index (κ3) is 3.20. The van der Waals surface area contributed by atoms with Crippen LogP contribution in [-0.4, -0.2) is 26.0 Å². The Morgan fingerprint density at radius 1 is 1.30 bits per heavy atom. The highest BCUT2D eigenvalue weighted by Gasteiger charge is 2.10. The Balaban J connectivity index is 1.84. The van der Waals surface area contributed by atoms with Crippen LogP contribution in [0, 0.1) is 0 Å². The van der Waals surface area contributed by atoms with E-state index in [0.29, 0.717) is 34.3 Å². The molecule has 0 atom stereocenters. The number of carbonyl (C=O) groups is 1. The second kappa shape index (κ2) is 6.39. The number of nitrogens with zero attached hydrogens (tertiary/aromatic N) is 3. The zero-order valence-corrected chi connectivity index (χ0v) is 13.2. The van der Waals surface area contributed by atoms with E-state index in [1.165, 1.54) is 10.9 Å². The summed E-state index contributed by atoms with van der Waals surface area (Å²) in [5.74, 6) is 0.305. The Hall–Kier alpha value is -2.38. The fourth-order valence-corrected chi connectivity index (χ4v) is 2.45. The van der Waals surface area contributed by atoms with Gasteiger partial charge in [0.05, 0.1) is 22.8 Å². The van der Waals surface area contributed by atoms with Crippen LogP contribution in [0.4, 0.5) is 5.95 Å². The molecule has 1 aromatic carbocycles. The molecule has 0 saturated heterocycles. The standard InChI is InChI=1S/C14H11Cl2N5O2/c15-9-2-1-8(5-10(9)16)6-17-14-19-11-7-18-21(3-4-22)12(11)13(23)20-14/h1-2,4-5,7H,3,6H2,(H2,17,19,20,23). The summed E-state index contributed by atoms with van der Waals surface area (Å²) < 4.78 is 1.30. The molecule has 2 aromatic heterocycles. The lowest BCUT2D eigenvalue weighted by Gasteiger charge is -2.07. The normalized spacial score (nSPS) is 10.9. The highest BCUT2D eigenvalue weighted by atomic mass is 35.5. The van der Waals surface area contributed by atoms with Gasteiger partial charge in [0.1, 0.15) is 11.8 Å². The van der Waals surface area contributed by atoms with Crippen LogP contribution in [0.1, 0.15) is 5.56 Å². The largest absolute Gasteiger partial charge is 0.352 e. The molecule has 0 aliphatic carbocycles. The van der Waals surface area contributed by atoms with Gasteiger partial charge in [-0.15, -0.1) is 0 Å². The Morgan fingerprint density at radius 3 is 2.87 bits per heavy atom. The molecule has 0 unspecified atom stereocenters. The first-order chi connectivity index (χ1) is 11.1. The number of H-pyrrole nitrogens is 1. The summed E-state index contributed by atoms with van der Waals surface area (Å²) in [7, 11) is 0. The molecule has 0 radical (unpaired) electrons. The topological polar surface area (TPSA) is 92.7 Å². The first kappa shape index (κ1) is 15.5. The number of rotatable bonds is 5. The molecule has 0 spiro atoms. The van der Waals surface area contributed by atoms with E-state index in [1.54, 1.807) is 12.1 Å². The number of aldehydes is 1. The van der Waals surface area contributed by atoms with Crippen LogP contribution >= 0.6 is 23.2 Å². The molecule has 2 heterocycles. The third-order valence-electron chi connectivity index (χ3n) is 3.19. The molecule has 9 heteroatoms. The SMILES string of the molecule is O=CCn1ncc2nc(NCc3ccc(Cl)c(Cl)c3)[nH]c(=O)c21. The second-order valence-electron chi connectivity index (χ2n) is 4.74. The summed E-state index contributed by atoms with van der Waals surface area (Å²) >= 11 is 11.8. The Bertz CT molecular complexity index is 935. The molecule has 3 rings (SSSR count). The highest BCUT2D eigenvalue weighted by molar-refractivity contribution is 6.42. The van der Waals surface area contributed by atoms with Crippen molar-refractivity contribution in [3.63, 3.8) is 0 Å². The number of benzene rings is 1. The molecular weight excluding hydrogens is 341 g/mol. The van der Waals surface area contributed by atoms with Crippen molar-refractivity contribution < 1.29 is 4.79 Å². The quantitative estimate of drug-likeness (QED) is 0.687. The van der Waals surface area contributed by atoms with Crippen LogP contribution in [0.25, 0.3) is 11.0 Å². The number of fused-ring (bicyclic) bond motifs is 1. The van der Waals surface area contributed by atoms with E-state index in [0.717, 1.165) is 5.56 Å². The van der Waals surface area contributed by atoms with Gasteiger partial charge in [-0.25, -0.2) is 4.98 Å². The smallest absolute Gasteiger partial charge is 0.278 e. The van der Waals surface area contributed by atoms with E-state index in [1.807, 2.05) is 6.07 Å². The predicted molar refractivity (Wildman–Crippen MR) is 88.0 cm³/mol. The molecule has 0 aliphatic rings. The van der Waals surface area contributed by atoms with Gasteiger partial charge in [-0.05, 0) is 17.7 Å². The molecule has 118 valence electrons. The molecule has 3 aromatic rings. The molecule has 0 amide bonds. The number of nitrogens with one attached hydrogen (secondary N) is 2. The van der Waals surface area contributed by atoms with Gasteiger partial charge in [-0.3, -0.25) is 14.5 Å². The molecule has 0 saturated carbocycles. The number of hydrogen-bond donors (Lipinski definition) is 2. The molecular formula is C14H11Cl2N5O2. The van der Waals surface area contributed by atoms with E-state index in [2.05, 4.69) is 20.4 Å². The zero-order chi connectivity index (χ0) is 16.4. The minimum Gasteiger partial charge on any atom is -0.352 e. The average Bonchev–Trinajstić information content (AvgIpc) is 2.92. The summed E-state index contributed by atoms with van der Waals surface area (Å²) in [6.07, 6.45) is 2.11. The fraction of sp³-hybridized carbons (Fsp3) is 0.143. The van der Waals surface area contributed by atoms with Gasteiger partial charge in [0.15, 0.2) is 5.52 Å². The Morgan fingerprint density at radius 2 is 2.13 bits per heavy atom. The minimum absolute atomic E-state index is 0.00427. The highest BCUT2D eigenvalue weighted by Crippen LogP contribution is 2.22. The zero-order valence-electron chi connectivity index (χ0n) is 11.7. The van der Waals surface area contributed by atoms with Crippen molar-refractivity contribution >= 4 is 46.5 Å². The average molecular weight is 352 g/mol. The van der Waals surface area contributed by atoms with E-state index < -0.39 is 0 Å². The molecule has 0 bridgehead atoms. The van der Waals surface area contributed by atoms with Crippen molar-refractivity contribution in [2.24, 2.45) is 0 Å².